The van der Waals surface area contributed by atoms with E-state index in [0.29, 0.717) is 0 Å². The van der Waals surface area contributed by atoms with Crippen molar-refractivity contribution in [1.29, 1.82) is 0 Å². The summed E-state index contributed by atoms with van der Waals surface area (Å²) in [5.41, 5.74) is 1.68. The van der Waals surface area contributed by atoms with Gasteiger partial charge in [0, 0.05) is 12.1 Å². The van der Waals surface area contributed by atoms with Crippen molar-refractivity contribution in [2.24, 2.45) is 0 Å². The van der Waals surface area contributed by atoms with E-state index in [1.165, 1.54) is 12.1 Å². The highest BCUT2D eigenvalue weighted by Crippen LogP contribution is 2.41. The van der Waals surface area contributed by atoms with Gasteiger partial charge in [0.25, 0.3) is 0 Å². The first-order chi connectivity index (χ1) is 10.4. The smallest absolute Gasteiger partial charge is 0.119 e. The molecule has 4 heteroatoms. The Hall–Kier alpha value is -2.36. The number of phenolic OH excluding ortho intramolecular Hbond substituents is 4. The second-order valence-corrected chi connectivity index (χ2v) is 5.59. The van der Waals surface area contributed by atoms with E-state index in [2.05, 4.69) is 0 Å². The highest BCUT2D eigenvalue weighted by Gasteiger charge is 2.23. The van der Waals surface area contributed by atoms with Gasteiger partial charge in [-0.25, -0.2) is 0 Å². The lowest BCUT2D eigenvalue weighted by atomic mass is 9.78. The summed E-state index contributed by atoms with van der Waals surface area (Å²) in [6, 6.07) is 9.21. The largest absolute Gasteiger partial charge is 0.508 e. The molecule has 22 heavy (non-hydrogen) atoms. The van der Waals surface area contributed by atoms with Gasteiger partial charge in [-0.2, -0.15) is 0 Å². The number of rotatable bonds is 5. The van der Waals surface area contributed by atoms with Crippen LogP contribution in [0.25, 0.3) is 0 Å². The summed E-state index contributed by atoms with van der Waals surface area (Å²) < 4.78 is 0. The monoisotopic (exact) mass is 302 g/mol. The molecule has 2 aromatic carbocycles. The van der Waals surface area contributed by atoms with Crippen molar-refractivity contribution in [3.63, 3.8) is 0 Å². The number of hydrogen-bond acceptors (Lipinski definition) is 4. The van der Waals surface area contributed by atoms with E-state index in [0.717, 1.165) is 24.0 Å². The molecule has 0 aliphatic carbocycles. The van der Waals surface area contributed by atoms with Crippen LogP contribution in [0.5, 0.6) is 23.0 Å². The van der Waals surface area contributed by atoms with E-state index in [1.807, 2.05) is 13.8 Å². The Bertz CT molecular complexity index is 554. The molecule has 0 amide bonds. The number of hydrogen-bond donors (Lipinski definition) is 4. The van der Waals surface area contributed by atoms with Gasteiger partial charge in [-0.15, -0.1) is 0 Å². The predicted octanol–water partition coefficient (Wildman–Crippen LogP) is 4.20. The average Bonchev–Trinajstić information content (AvgIpc) is 2.42. The molecule has 118 valence electrons. The number of aromatic hydroxyl groups is 4. The summed E-state index contributed by atoms with van der Waals surface area (Å²) in [4.78, 5) is 0. The Morgan fingerprint density at radius 2 is 0.864 bits per heavy atom. The third kappa shape index (κ3) is 3.45. The summed E-state index contributed by atoms with van der Waals surface area (Å²) in [5, 5.41) is 38.8. The molecule has 0 radical (unpaired) electrons. The lowest BCUT2D eigenvalue weighted by molar-refractivity contribution is 0.436. The molecule has 2 unspecified atom stereocenters. The van der Waals surface area contributed by atoms with Gasteiger partial charge in [0.2, 0.25) is 0 Å². The fourth-order valence-corrected chi connectivity index (χ4v) is 3.17. The van der Waals surface area contributed by atoms with Crippen molar-refractivity contribution >= 4 is 0 Å². The zero-order valence-electron chi connectivity index (χ0n) is 12.8. The van der Waals surface area contributed by atoms with Gasteiger partial charge in [0.1, 0.15) is 23.0 Å². The van der Waals surface area contributed by atoms with E-state index in [4.69, 9.17) is 0 Å². The minimum absolute atomic E-state index is 0.0297. The Kier molecular flexibility index (Phi) is 4.81. The molecule has 0 aliphatic heterocycles. The van der Waals surface area contributed by atoms with E-state index in [1.54, 1.807) is 24.3 Å². The van der Waals surface area contributed by atoms with Gasteiger partial charge < -0.3 is 20.4 Å². The number of benzene rings is 2. The van der Waals surface area contributed by atoms with Crippen molar-refractivity contribution in [2.45, 2.75) is 38.5 Å². The third-order valence-electron chi connectivity index (χ3n) is 4.07. The molecule has 0 bridgehead atoms. The molecule has 2 aromatic rings. The summed E-state index contributed by atoms with van der Waals surface area (Å²) in [6.07, 6.45) is 1.61. The van der Waals surface area contributed by atoms with Crippen LogP contribution in [0.2, 0.25) is 0 Å². The van der Waals surface area contributed by atoms with E-state index in [9.17, 15) is 20.4 Å². The van der Waals surface area contributed by atoms with Gasteiger partial charge in [0.05, 0.1) is 0 Å². The van der Waals surface area contributed by atoms with Gasteiger partial charge in [-0.3, -0.25) is 0 Å². The van der Waals surface area contributed by atoms with Gasteiger partial charge in [0.15, 0.2) is 0 Å². The number of phenols is 4. The van der Waals surface area contributed by atoms with Gasteiger partial charge in [-0.1, -0.05) is 13.8 Å². The zero-order chi connectivity index (χ0) is 16.3. The molecule has 0 aromatic heterocycles. The SMILES string of the molecule is CCC(c1cc(O)cc(O)c1)C(CC)c1cc(O)cc(O)c1. The summed E-state index contributed by atoms with van der Waals surface area (Å²) in [6.45, 7) is 4.08. The van der Waals surface area contributed by atoms with Crippen molar-refractivity contribution in [3.8, 4) is 23.0 Å². The van der Waals surface area contributed by atoms with Crippen molar-refractivity contribution in [2.75, 3.05) is 0 Å². The van der Waals surface area contributed by atoms with E-state index < -0.39 is 0 Å². The molecular weight excluding hydrogens is 280 g/mol. The second kappa shape index (κ2) is 6.60. The Labute approximate surface area is 130 Å². The Morgan fingerprint density at radius 1 is 0.591 bits per heavy atom. The van der Waals surface area contributed by atoms with Gasteiger partial charge in [-0.05, 0) is 60.1 Å². The molecule has 0 fully saturated rings. The average molecular weight is 302 g/mol. The van der Waals surface area contributed by atoms with E-state index >= 15 is 0 Å². The van der Waals surface area contributed by atoms with Crippen LogP contribution in [0.3, 0.4) is 0 Å². The quantitative estimate of drug-likeness (QED) is 0.667. The van der Waals surface area contributed by atoms with Crippen LogP contribution < -0.4 is 0 Å². The normalized spacial score (nSPS) is 13.7. The molecule has 0 aliphatic rings. The molecular formula is C18H22O4. The highest BCUT2D eigenvalue weighted by atomic mass is 16.3. The van der Waals surface area contributed by atoms with E-state index in [-0.39, 0.29) is 34.8 Å². The Balaban J connectivity index is 2.46. The van der Waals surface area contributed by atoms with Crippen LogP contribution in [0.4, 0.5) is 0 Å². The summed E-state index contributed by atoms with van der Waals surface area (Å²) in [7, 11) is 0. The zero-order valence-corrected chi connectivity index (χ0v) is 12.8. The molecule has 0 heterocycles. The maximum absolute atomic E-state index is 9.71. The van der Waals surface area contributed by atoms with Crippen LogP contribution in [-0.2, 0) is 0 Å². The second-order valence-electron chi connectivity index (χ2n) is 5.59. The first kappa shape index (κ1) is 16.0. The predicted molar refractivity (Wildman–Crippen MR) is 85.6 cm³/mol. The summed E-state index contributed by atoms with van der Waals surface area (Å²) in [5.74, 6) is 0.238. The maximum atomic E-state index is 9.71. The molecule has 4 N–H and O–H groups in total. The first-order valence-corrected chi connectivity index (χ1v) is 7.50. The van der Waals surface area contributed by atoms with Crippen molar-refractivity contribution in [3.05, 3.63) is 47.5 Å². The molecule has 0 saturated heterocycles. The van der Waals surface area contributed by atoms with Crippen LogP contribution >= 0.6 is 0 Å². The first-order valence-electron chi connectivity index (χ1n) is 7.50. The molecule has 0 spiro atoms. The third-order valence-corrected chi connectivity index (χ3v) is 4.07. The fraction of sp³-hybridized carbons (Fsp3) is 0.333. The molecule has 0 saturated carbocycles. The lowest BCUT2D eigenvalue weighted by Crippen LogP contribution is -2.10. The standard InChI is InChI=1S/C18H22O4/c1-3-17(11-5-13(19)9-14(20)6-11)18(4-2)12-7-15(21)10-16(22)8-12/h5-10,17-22H,3-4H2,1-2H3. The van der Waals surface area contributed by atoms with Crippen molar-refractivity contribution < 1.29 is 20.4 Å². The van der Waals surface area contributed by atoms with Crippen LogP contribution in [0, 0.1) is 0 Å². The van der Waals surface area contributed by atoms with Crippen molar-refractivity contribution in [1.82, 2.24) is 0 Å². The molecule has 2 rings (SSSR count). The van der Waals surface area contributed by atoms with Crippen LogP contribution in [0.15, 0.2) is 36.4 Å². The minimum atomic E-state index is 0.0297. The summed E-state index contributed by atoms with van der Waals surface area (Å²) >= 11 is 0. The Morgan fingerprint density at radius 3 is 1.09 bits per heavy atom. The fourth-order valence-electron chi connectivity index (χ4n) is 3.17. The van der Waals surface area contributed by atoms with Crippen LogP contribution in [-0.4, -0.2) is 20.4 Å². The highest BCUT2D eigenvalue weighted by molar-refractivity contribution is 5.43. The minimum Gasteiger partial charge on any atom is -0.508 e. The lowest BCUT2D eigenvalue weighted by Gasteiger charge is -2.26. The van der Waals surface area contributed by atoms with Gasteiger partial charge >= 0.3 is 0 Å². The maximum Gasteiger partial charge on any atom is 0.119 e. The molecule has 2 atom stereocenters. The molecule has 4 nitrogen and oxygen atoms in total. The topological polar surface area (TPSA) is 80.9 Å². The van der Waals surface area contributed by atoms with Crippen LogP contribution in [0.1, 0.15) is 49.7 Å².